The average molecular weight is 386 g/mol. The number of carbonyl (C=O) groups is 1. The number of amides is 1. The molecule has 0 unspecified atom stereocenters. The maximum absolute atomic E-state index is 12.3. The van der Waals surface area contributed by atoms with Crippen molar-refractivity contribution in [2.75, 3.05) is 11.1 Å². The first kappa shape index (κ1) is 18.5. The normalized spacial score (nSPS) is 10.7. The van der Waals surface area contributed by atoms with Crippen molar-refractivity contribution in [1.29, 1.82) is 0 Å². The fourth-order valence-corrected chi connectivity index (χ4v) is 3.62. The first-order valence-corrected chi connectivity index (χ1v) is 9.71. The van der Waals surface area contributed by atoms with Crippen LogP contribution in [-0.4, -0.2) is 21.4 Å². The molecule has 0 bridgehead atoms. The summed E-state index contributed by atoms with van der Waals surface area (Å²) in [5, 5.41) is 8.28. The van der Waals surface area contributed by atoms with Gasteiger partial charge in [0.2, 0.25) is 5.91 Å². The number of para-hydroxylation sites is 1. The van der Waals surface area contributed by atoms with E-state index in [0.717, 1.165) is 27.7 Å². The molecule has 0 spiro atoms. The lowest BCUT2D eigenvalue weighted by Gasteiger charge is -2.07. The number of anilines is 1. The Balaban J connectivity index is 1.61. The fraction of sp³-hybridized carbons (Fsp3) is 0.200. The van der Waals surface area contributed by atoms with E-state index in [0.29, 0.717) is 17.2 Å². The number of hydrogen-bond donors (Lipinski definition) is 1. The van der Waals surface area contributed by atoms with Gasteiger partial charge in [-0.2, -0.15) is 5.10 Å². The highest BCUT2D eigenvalue weighted by molar-refractivity contribution is 7.99. The molecule has 26 heavy (non-hydrogen) atoms. The van der Waals surface area contributed by atoms with Crippen molar-refractivity contribution in [3.05, 3.63) is 71.0 Å². The molecule has 0 fully saturated rings. The van der Waals surface area contributed by atoms with Gasteiger partial charge in [0.15, 0.2) is 0 Å². The lowest BCUT2D eigenvalue weighted by atomic mass is 10.3. The van der Waals surface area contributed by atoms with Gasteiger partial charge in [-0.05, 0) is 50.2 Å². The molecule has 0 aliphatic rings. The number of hydrogen-bond acceptors (Lipinski definition) is 3. The van der Waals surface area contributed by atoms with Crippen LogP contribution in [0.5, 0.6) is 0 Å². The monoisotopic (exact) mass is 385 g/mol. The Bertz CT molecular complexity index is 891. The Morgan fingerprint density at radius 3 is 2.50 bits per heavy atom. The molecule has 0 saturated carbocycles. The minimum Gasteiger partial charge on any atom is -0.323 e. The molecule has 1 N–H and O–H groups in total. The number of thioether (sulfide) groups is 1. The van der Waals surface area contributed by atoms with E-state index in [-0.39, 0.29) is 5.91 Å². The standard InChI is InChI=1S/C20H20ClN3OS/c1-14-20(15(2)24(23-14)17-6-4-3-5-7-17)22-19(25)12-13-26-18-10-8-16(21)9-11-18/h3-11H,12-13H2,1-2H3,(H,22,25). The number of halogens is 1. The number of benzene rings is 2. The third-order valence-electron chi connectivity index (χ3n) is 3.97. The van der Waals surface area contributed by atoms with E-state index in [4.69, 9.17) is 11.6 Å². The fourth-order valence-electron chi connectivity index (χ4n) is 2.64. The van der Waals surface area contributed by atoms with Gasteiger partial charge in [-0.3, -0.25) is 4.79 Å². The first-order valence-electron chi connectivity index (χ1n) is 8.34. The van der Waals surface area contributed by atoms with Crippen molar-refractivity contribution in [3.63, 3.8) is 0 Å². The number of nitrogens with zero attached hydrogens (tertiary/aromatic N) is 2. The van der Waals surface area contributed by atoms with Crippen molar-refractivity contribution < 1.29 is 4.79 Å². The van der Waals surface area contributed by atoms with Crippen LogP contribution in [0.1, 0.15) is 17.8 Å². The zero-order valence-electron chi connectivity index (χ0n) is 14.7. The van der Waals surface area contributed by atoms with Gasteiger partial charge in [0, 0.05) is 22.1 Å². The zero-order valence-corrected chi connectivity index (χ0v) is 16.3. The Morgan fingerprint density at radius 2 is 1.81 bits per heavy atom. The van der Waals surface area contributed by atoms with E-state index in [1.165, 1.54) is 0 Å². The summed E-state index contributed by atoms with van der Waals surface area (Å²) >= 11 is 7.52. The van der Waals surface area contributed by atoms with E-state index in [2.05, 4.69) is 10.4 Å². The van der Waals surface area contributed by atoms with Gasteiger partial charge in [-0.25, -0.2) is 4.68 Å². The summed E-state index contributed by atoms with van der Waals surface area (Å²) in [6.07, 6.45) is 0.433. The second-order valence-corrected chi connectivity index (χ2v) is 7.50. The van der Waals surface area contributed by atoms with Crippen molar-refractivity contribution in [2.45, 2.75) is 25.2 Å². The van der Waals surface area contributed by atoms with Crippen LogP contribution in [0.2, 0.25) is 5.02 Å². The molecule has 4 nitrogen and oxygen atoms in total. The highest BCUT2D eigenvalue weighted by Crippen LogP contribution is 2.24. The van der Waals surface area contributed by atoms with E-state index >= 15 is 0 Å². The number of aromatic nitrogens is 2. The van der Waals surface area contributed by atoms with Gasteiger partial charge in [-0.15, -0.1) is 11.8 Å². The summed E-state index contributed by atoms with van der Waals surface area (Å²) in [4.78, 5) is 13.4. The van der Waals surface area contributed by atoms with Gasteiger partial charge < -0.3 is 5.32 Å². The Kier molecular flexibility index (Phi) is 6.01. The lowest BCUT2D eigenvalue weighted by Crippen LogP contribution is -2.13. The van der Waals surface area contributed by atoms with E-state index < -0.39 is 0 Å². The molecule has 1 heterocycles. The highest BCUT2D eigenvalue weighted by Gasteiger charge is 2.15. The highest BCUT2D eigenvalue weighted by atomic mass is 35.5. The summed E-state index contributed by atoms with van der Waals surface area (Å²) in [5.74, 6) is 0.698. The Hall–Kier alpha value is -2.24. The molecule has 0 saturated heterocycles. The number of rotatable bonds is 6. The number of aryl methyl sites for hydroxylation is 1. The molecule has 1 amide bonds. The van der Waals surface area contributed by atoms with Crippen molar-refractivity contribution in [3.8, 4) is 5.69 Å². The maximum atomic E-state index is 12.3. The van der Waals surface area contributed by atoms with Gasteiger partial charge in [0.05, 0.1) is 22.8 Å². The van der Waals surface area contributed by atoms with Crippen LogP contribution < -0.4 is 5.32 Å². The van der Waals surface area contributed by atoms with E-state index in [9.17, 15) is 4.79 Å². The molecule has 3 rings (SSSR count). The molecule has 0 radical (unpaired) electrons. The van der Waals surface area contributed by atoms with Gasteiger partial charge in [0.1, 0.15) is 0 Å². The van der Waals surface area contributed by atoms with Crippen LogP contribution >= 0.6 is 23.4 Å². The number of carbonyl (C=O) groups excluding carboxylic acids is 1. The molecule has 134 valence electrons. The topological polar surface area (TPSA) is 46.9 Å². The van der Waals surface area contributed by atoms with Crippen LogP contribution in [-0.2, 0) is 4.79 Å². The minimum atomic E-state index is -0.00900. The van der Waals surface area contributed by atoms with Crippen LogP contribution in [0.25, 0.3) is 5.69 Å². The molecular weight excluding hydrogens is 366 g/mol. The summed E-state index contributed by atoms with van der Waals surface area (Å²) in [5.41, 5.74) is 3.50. The third kappa shape index (κ3) is 4.48. The SMILES string of the molecule is Cc1nn(-c2ccccc2)c(C)c1NC(=O)CCSc1ccc(Cl)cc1. The number of nitrogens with one attached hydrogen (secondary N) is 1. The minimum absolute atomic E-state index is 0.00900. The summed E-state index contributed by atoms with van der Waals surface area (Å²) in [7, 11) is 0. The average Bonchev–Trinajstić information content (AvgIpc) is 2.92. The molecular formula is C20H20ClN3OS. The largest absolute Gasteiger partial charge is 0.323 e. The summed E-state index contributed by atoms with van der Waals surface area (Å²) in [6, 6.07) is 17.5. The van der Waals surface area contributed by atoms with Gasteiger partial charge >= 0.3 is 0 Å². The smallest absolute Gasteiger partial charge is 0.225 e. The summed E-state index contributed by atoms with van der Waals surface area (Å²) < 4.78 is 1.85. The molecule has 0 atom stereocenters. The van der Waals surface area contributed by atoms with Crippen LogP contribution in [0, 0.1) is 13.8 Å². The predicted molar refractivity (Wildman–Crippen MR) is 108 cm³/mol. The third-order valence-corrected chi connectivity index (χ3v) is 5.23. The Morgan fingerprint density at radius 1 is 1.12 bits per heavy atom. The van der Waals surface area contributed by atoms with E-state index in [1.807, 2.05) is 73.1 Å². The van der Waals surface area contributed by atoms with Crippen LogP contribution in [0.3, 0.4) is 0 Å². The predicted octanol–water partition coefficient (Wildman–Crippen LogP) is 5.26. The molecule has 2 aromatic carbocycles. The van der Waals surface area contributed by atoms with E-state index in [1.54, 1.807) is 11.8 Å². The first-order chi connectivity index (χ1) is 12.5. The molecule has 3 aromatic rings. The van der Waals surface area contributed by atoms with Crippen LogP contribution in [0.4, 0.5) is 5.69 Å². The van der Waals surface area contributed by atoms with Gasteiger partial charge in [0.25, 0.3) is 0 Å². The molecule has 1 aromatic heterocycles. The van der Waals surface area contributed by atoms with Crippen LogP contribution in [0.15, 0.2) is 59.5 Å². The van der Waals surface area contributed by atoms with Crippen molar-refractivity contribution >= 4 is 35.0 Å². The maximum Gasteiger partial charge on any atom is 0.225 e. The zero-order chi connectivity index (χ0) is 18.5. The van der Waals surface area contributed by atoms with Gasteiger partial charge in [-0.1, -0.05) is 29.8 Å². The lowest BCUT2D eigenvalue weighted by molar-refractivity contribution is -0.115. The second kappa shape index (κ2) is 8.43. The summed E-state index contributed by atoms with van der Waals surface area (Å²) in [6.45, 7) is 3.87. The van der Waals surface area contributed by atoms with Crippen molar-refractivity contribution in [1.82, 2.24) is 9.78 Å². The second-order valence-electron chi connectivity index (χ2n) is 5.89. The van der Waals surface area contributed by atoms with Crippen molar-refractivity contribution in [2.24, 2.45) is 0 Å². The molecule has 0 aliphatic heterocycles. The Labute approximate surface area is 162 Å². The molecule has 6 heteroatoms. The quantitative estimate of drug-likeness (QED) is 0.588. The molecule has 0 aliphatic carbocycles.